The van der Waals surface area contributed by atoms with Gasteiger partial charge in [-0.2, -0.15) is 0 Å². The van der Waals surface area contributed by atoms with Crippen LogP contribution in [-0.4, -0.2) is 22.8 Å². The van der Waals surface area contributed by atoms with Gasteiger partial charge in [-0.25, -0.2) is 0 Å². The van der Waals surface area contributed by atoms with E-state index in [0.29, 0.717) is 11.3 Å². The van der Waals surface area contributed by atoms with Gasteiger partial charge in [0.2, 0.25) is 0 Å². The zero-order valence-corrected chi connectivity index (χ0v) is 10.8. The zero-order chi connectivity index (χ0) is 14.1. The molecule has 1 aliphatic heterocycles. The summed E-state index contributed by atoms with van der Waals surface area (Å²) in [4.78, 5) is 16.3. The maximum absolute atomic E-state index is 12.0. The van der Waals surface area contributed by atoms with E-state index >= 15 is 0 Å². The Kier molecular flexibility index (Phi) is 3.08. The van der Waals surface area contributed by atoms with Gasteiger partial charge < -0.3 is 10.8 Å². The van der Waals surface area contributed by atoms with Gasteiger partial charge in [-0.15, -0.1) is 0 Å². The van der Waals surface area contributed by atoms with E-state index in [-0.39, 0.29) is 18.0 Å². The minimum absolute atomic E-state index is 0.100. The lowest BCUT2D eigenvalue weighted by atomic mass is 9.95. The topological polar surface area (TPSA) is 75.7 Å². The molecule has 0 saturated heterocycles. The van der Waals surface area contributed by atoms with Crippen molar-refractivity contribution in [1.29, 1.82) is 0 Å². The molecular formula is C16H14N2O2. The van der Waals surface area contributed by atoms with Gasteiger partial charge in [-0.05, 0) is 6.07 Å². The van der Waals surface area contributed by atoms with Crippen molar-refractivity contribution in [3.05, 3.63) is 65.2 Å². The number of fused-ring (bicyclic) bond motifs is 1. The Morgan fingerprint density at radius 2 is 1.85 bits per heavy atom. The van der Waals surface area contributed by atoms with Crippen LogP contribution in [0.15, 0.2) is 53.5 Å². The van der Waals surface area contributed by atoms with Gasteiger partial charge in [0.15, 0.2) is 11.9 Å². The fourth-order valence-electron chi connectivity index (χ4n) is 2.37. The van der Waals surface area contributed by atoms with Gasteiger partial charge >= 0.3 is 0 Å². The molecule has 1 unspecified atom stereocenters. The quantitative estimate of drug-likeness (QED) is 0.824. The summed E-state index contributed by atoms with van der Waals surface area (Å²) < 4.78 is 0. The molecule has 0 aromatic heterocycles. The molecule has 0 saturated carbocycles. The first kappa shape index (κ1) is 12.6. The highest BCUT2D eigenvalue weighted by Gasteiger charge is 2.25. The summed E-state index contributed by atoms with van der Waals surface area (Å²) in [5.74, 6) is -0.0905. The predicted octanol–water partition coefficient (Wildman–Crippen LogP) is 1.64. The molecule has 0 spiro atoms. The van der Waals surface area contributed by atoms with E-state index in [0.717, 1.165) is 11.1 Å². The average molecular weight is 266 g/mol. The second-order valence-corrected chi connectivity index (χ2v) is 4.73. The number of phenolic OH excluding ortho intramolecular Hbond substituents is 1. The van der Waals surface area contributed by atoms with Crippen LogP contribution in [0.4, 0.5) is 0 Å². The molecule has 20 heavy (non-hydrogen) atoms. The maximum atomic E-state index is 12.0. The van der Waals surface area contributed by atoms with Crippen LogP contribution in [0.5, 0.6) is 5.75 Å². The highest BCUT2D eigenvalue weighted by atomic mass is 16.3. The number of rotatable bonds is 1. The van der Waals surface area contributed by atoms with Crippen LogP contribution in [0, 0.1) is 0 Å². The molecule has 0 aliphatic carbocycles. The van der Waals surface area contributed by atoms with Gasteiger partial charge in [-0.3, -0.25) is 9.79 Å². The Labute approximate surface area is 116 Å². The third kappa shape index (κ3) is 2.10. The number of aromatic hydroxyl groups is 1. The van der Waals surface area contributed by atoms with Crippen LogP contribution in [-0.2, 0) is 11.2 Å². The Bertz CT molecular complexity index is 693. The van der Waals surface area contributed by atoms with Crippen LogP contribution in [0.2, 0.25) is 0 Å². The van der Waals surface area contributed by atoms with Crippen molar-refractivity contribution >= 4 is 11.5 Å². The van der Waals surface area contributed by atoms with E-state index in [9.17, 15) is 9.90 Å². The van der Waals surface area contributed by atoms with E-state index in [1.807, 2.05) is 36.4 Å². The molecule has 0 fully saturated rings. The predicted molar refractivity (Wildman–Crippen MR) is 76.9 cm³/mol. The van der Waals surface area contributed by atoms with E-state index in [1.165, 1.54) is 0 Å². The van der Waals surface area contributed by atoms with Crippen LogP contribution >= 0.6 is 0 Å². The monoisotopic (exact) mass is 266 g/mol. The van der Waals surface area contributed by atoms with Crippen molar-refractivity contribution < 1.29 is 9.90 Å². The molecule has 3 rings (SSSR count). The Hall–Kier alpha value is -2.46. The van der Waals surface area contributed by atoms with Crippen molar-refractivity contribution in [2.45, 2.75) is 12.6 Å². The molecule has 1 aliphatic rings. The maximum Gasteiger partial charge on any atom is 0.176 e. The number of benzene rings is 2. The van der Waals surface area contributed by atoms with Gasteiger partial charge in [0.05, 0.1) is 5.71 Å². The van der Waals surface area contributed by atoms with Crippen molar-refractivity contribution in [1.82, 2.24) is 0 Å². The summed E-state index contributed by atoms with van der Waals surface area (Å²) in [5.41, 5.74) is 8.70. The first-order valence-electron chi connectivity index (χ1n) is 6.39. The number of aliphatic imine (C=N–C) groups is 1. The number of carbonyl (C=O) groups is 1. The van der Waals surface area contributed by atoms with Crippen LogP contribution in [0.3, 0.4) is 0 Å². The number of phenols is 1. The molecule has 0 amide bonds. The second kappa shape index (κ2) is 4.90. The Morgan fingerprint density at radius 1 is 1.10 bits per heavy atom. The molecule has 4 nitrogen and oxygen atoms in total. The standard InChI is InChI=1S/C16H14N2O2/c17-16-14(20)9-12-11(7-4-8-13(12)19)15(18-16)10-5-2-1-3-6-10/h1-8,16,19H,9,17H2. The third-order valence-electron chi connectivity index (χ3n) is 3.40. The highest BCUT2D eigenvalue weighted by Crippen LogP contribution is 2.27. The number of Topliss-reactive ketones (excluding diaryl/α,β-unsaturated/α-hetero) is 1. The van der Waals surface area contributed by atoms with Gasteiger partial charge in [-0.1, -0.05) is 42.5 Å². The number of carbonyl (C=O) groups excluding carboxylic acids is 1. The summed E-state index contributed by atoms with van der Waals surface area (Å²) in [6.45, 7) is 0. The molecule has 0 radical (unpaired) electrons. The molecule has 0 bridgehead atoms. The number of hydrogen-bond acceptors (Lipinski definition) is 4. The lowest BCUT2D eigenvalue weighted by Crippen LogP contribution is -2.29. The van der Waals surface area contributed by atoms with Crippen LogP contribution in [0.1, 0.15) is 16.7 Å². The van der Waals surface area contributed by atoms with Crippen molar-refractivity contribution in [3.63, 3.8) is 0 Å². The first-order chi connectivity index (χ1) is 9.66. The smallest absolute Gasteiger partial charge is 0.176 e. The van der Waals surface area contributed by atoms with Gasteiger partial charge in [0.25, 0.3) is 0 Å². The molecule has 2 aromatic carbocycles. The average Bonchev–Trinajstić information content (AvgIpc) is 2.59. The summed E-state index contributed by atoms with van der Waals surface area (Å²) in [7, 11) is 0. The normalized spacial score (nSPS) is 18.1. The molecular weight excluding hydrogens is 252 g/mol. The van der Waals surface area contributed by atoms with Crippen molar-refractivity contribution in [2.75, 3.05) is 0 Å². The first-order valence-corrected chi connectivity index (χ1v) is 6.39. The van der Waals surface area contributed by atoms with E-state index in [2.05, 4.69) is 4.99 Å². The SMILES string of the molecule is NC1N=C(c2ccccc2)c2cccc(O)c2CC1=O. The number of nitrogens with two attached hydrogens (primary N) is 1. The van der Waals surface area contributed by atoms with E-state index in [1.54, 1.807) is 12.1 Å². The summed E-state index contributed by atoms with van der Waals surface area (Å²) in [6.07, 6.45) is -0.791. The summed E-state index contributed by atoms with van der Waals surface area (Å²) in [5, 5.41) is 10.0. The van der Waals surface area contributed by atoms with Crippen molar-refractivity contribution in [3.8, 4) is 5.75 Å². The molecule has 2 aromatic rings. The number of nitrogens with zero attached hydrogens (tertiary/aromatic N) is 1. The zero-order valence-electron chi connectivity index (χ0n) is 10.8. The van der Waals surface area contributed by atoms with Crippen molar-refractivity contribution in [2.24, 2.45) is 10.7 Å². The van der Waals surface area contributed by atoms with Crippen LogP contribution in [0.25, 0.3) is 0 Å². The minimum atomic E-state index is -0.892. The largest absolute Gasteiger partial charge is 0.508 e. The van der Waals surface area contributed by atoms with Crippen LogP contribution < -0.4 is 5.73 Å². The summed E-state index contributed by atoms with van der Waals surface area (Å²) >= 11 is 0. The van der Waals surface area contributed by atoms with E-state index in [4.69, 9.17) is 5.73 Å². The molecule has 100 valence electrons. The fraction of sp³-hybridized carbons (Fsp3) is 0.125. The molecule has 3 N–H and O–H groups in total. The number of hydrogen-bond donors (Lipinski definition) is 2. The third-order valence-corrected chi connectivity index (χ3v) is 3.40. The molecule has 1 atom stereocenters. The minimum Gasteiger partial charge on any atom is -0.508 e. The van der Waals surface area contributed by atoms with Gasteiger partial charge in [0.1, 0.15) is 5.75 Å². The Morgan fingerprint density at radius 3 is 2.60 bits per heavy atom. The Balaban J connectivity index is 2.25. The molecule has 1 heterocycles. The highest BCUT2D eigenvalue weighted by molar-refractivity contribution is 6.16. The molecule has 4 heteroatoms. The van der Waals surface area contributed by atoms with E-state index < -0.39 is 6.17 Å². The summed E-state index contributed by atoms with van der Waals surface area (Å²) in [6, 6.07) is 14.7. The lowest BCUT2D eigenvalue weighted by Gasteiger charge is -2.10. The second-order valence-electron chi connectivity index (χ2n) is 4.73. The van der Waals surface area contributed by atoms with Gasteiger partial charge in [0, 0.05) is 23.1 Å². The number of ketones is 1. The fourth-order valence-corrected chi connectivity index (χ4v) is 2.37. The lowest BCUT2D eigenvalue weighted by molar-refractivity contribution is -0.119.